The van der Waals surface area contributed by atoms with Gasteiger partial charge in [-0.15, -0.1) is 0 Å². The molecule has 4 heteroatoms. The van der Waals surface area contributed by atoms with Crippen molar-refractivity contribution in [3.05, 3.63) is 41.7 Å². The maximum Gasteiger partial charge on any atom is 0.123 e. The van der Waals surface area contributed by atoms with E-state index >= 15 is 0 Å². The number of benzene rings is 1. The third kappa shape index (κ3) is 3.24. The first-order valence-electron chi connectivity index (χ1n) is 5.54. The second-order valence-electron chi connectivity index (χ2n) is 4.12. The lowest BCUT2D eigenvalue weighted by Gasteiger charge is -2.06. The second-order valence-corrected chi connectivity index (χ2v) is 4.12. The summed E-state index contributed by atoms with van der Waals surface area (Å²) >= 11 is 0. The smallest absolute Gasteiger partial charge is 0.123 e. The Morgan fingerprint density at radius 2 is 2.18 bits per heavy atom. The predicted octanol–water partition coefficient (Wildman–Crippen LogP) is 2.06. The molecule has 4 nitrogen and oxygen atoms in total. The molecule has 1 aromatic carbocycles. The lowest BCUT2D eigenvalue weighted by molar-refractivity contribution is 0.319. The van der Waals surface area contributed by atoms with Crippen molar-refractivity contribution in [1.29, 1.82) is 0 Å². The molecule has 0 bridgehead atoms. The summed E-state index contributed by atoms with van der Waals surface area (Å²) in [5, 5.41) is 13.5. The van der Waals surface area contributed by atoms with E-state index in [4.69, 9.17) is 4.74 Å². The molecular formula is C13H16N2O2. The maximum absolute atomic E-state index is 9.42. The van der Waals surface area contributed by atoms with Gasteiger partial charge in [0.15, 0.2) is 0 Å². The summed E-state index contributed by atoms with van der Waals surface area (Å²) in [6.45, 7) is 2.50. The Balaban J connectivity index is 1.89. The van der Waals surface area contributed by atoms with Crippen molar-refractivity contribution in [2.75, 3.05) is 6.61 Å². The van der Waals surface area contributed by atoms with E-state index in [1.54, 1.807) is 16.8 Å². The van der Waals surface area contributed by atoms with E-state index in [2.05, 4.69) is 5.10 Å². The van der Waals surface area contributed by atoms with Crippen LogP contribution in [0.3, 0.4) is 0 Å². The zero-order valence-corrected chi connectivity index (χ0v) is 10.1. The number of hydrogen-bond donors (Lipinski definition) is 1. The summed E-state index contributed by atoms with van der Waals surface area (Å²) in [5.74, 6) is 0.938. The molecule has 0 aliphatic rings. The van der Waals surface area contributed by atoms with Gasteiger partial charge in [0.1, 0.15) is 11.5 Å². The molecule has 0 radical (unpaired) electrons. The normalized spacial score (nSPS) is 10.5. The van der Waals surface area contributed by atoms with E-state index in [0.29, 0.717) is 12.4 Å². The summed E-state index contributed by atoms with van der Waals surface area (Å²) in [6.07, 6.45) is 4.61. The van der Waals surface area contributed by atoms with Gasteiger partial charge in [0, 0.05) is 25.7 Å². The fraction of sp³-hybridized carbons (Fsp3) is 0.308. The minimum atomic E-state index is 0.237. The van der Waals surface area contributed by atoms with Crippen molar-refractivity contribution in [2.24, 2.45) is 7.05 Å². The lowest BCUT2D eigenvalue weighted by Crippen LogP contribution is -2.00. The van der Waals surface area contributed by atoms with Gasteiger partial charge in [0.25, 0.3) is 0 Å². The van der Waals surface area contributed by atoms with Crippen LogP contribution >= 0.6 is 0 Å². The van der Waals surface area contributed by atoms with Crippen molar-refractivity contribution in [3.63, 3.8) is 0 Å². The molecule has 0 saturated heterocycles. The van der Waals surface area contributed by atoms with Crippen LogP contribution in [0.2, 0.25) is 0 Å². The third-order valence-electron chi connectivity index (χ3n) is 2.45. The van der Waals surface area contributed by atoms with Crippen LogP contribution in [0.15, 0.2) is 30.6 Å². The van der Waals surface area contributed by atoms with Crippen molar-refractivity contribution >= 4 is 0 Å². The van der Waals surface area contributed by atoms with Crippen molar-refractivity contribution in [3.8, 4) is 11.5 Å². The average molecular weight is 232 g/mol. The minimum absolute atomic E-state index is 0.237. The Morgan fingerprint density at radius 1 is 1.35 bits per heavy atom. The second kappa shape index (κ2) is 4.91. The van der Waals surface area contributed by atoms with Crippen LogP contribution in [0, 0.1) is 6.92 Å². The average Bonchev–Trinajstić information content (AvgIpc) is 2.63. The number of ether oxygens (including phenoxy) is 1. The Kier molecular flexibility index (Phi) is 3.32. The van der Waals surface area contributed by atoms with Crippen molar-refractivity contribution in [1.82, 2.24) is 9.78 Å². The van der Waals surface area contributed by atoms with Gasteiger partial charge < -0.3 is 9.84 Å². The monoisotopic (exact) mass is 232 g/mol. The van der Waals surface area contributed by atoms with Crippen molar-refractivity contribution < 1.29 is 9.84 Å². The van der Waals surface area contributed by atoms with Crippen molar-refractivity contribution in [2.45, 2.75) is 13.3 Å². The van der Waals surface area contributed by atoms with E-state index in [9.17, 15) is 5.11 Å². The molecule has 1 aromatic heterocycles. The van der Waals surface area contributed by atoms with E-state index in [0.717, 1.165) is 17.5 Å². The first-order valence-corrected chi connectivity index (χ1v) is 5.54. The Morgan fingerprint density at radius 3 is 2.82 bits per heavy atom. The number of nitrogens with zero attached hydrogens (tertiary/aromatic N) is 2. The lowest BCUT2D eigenvalue weighted by atomic mass is 10.2. The van der Waals surface area contributed by atoms with Crippen LogP contribution in [0.1, 0.15) is 11.1 Å². The van der Waals surface area contributed by atoms with Crippen LogP contribution in [0.25, 0.3) is 0 Å². The molecule has 90 valence electrons. The molecule has 17 heavy (non-hydrogen) atoms. The number of hydrogen-bond acceptors (Lipinski definition) is 3. The highest BCUT2D eigenvalue weighted by atomic mass is 16.5. The summed E-state index contributed by atoms with van der Waals surface area (Å²) in [5.41, 5.74) is 2.13. The number of aromatic hydroxyl groups is 1. The fourth-order valence-corrected chi connectivity index (χ4v) is 1.70. The number of phenols is 1. The van der Waals surface area contributed by atoms with Gasteiger partial charge in [-0.1, -0.05) is 0 Å². The highest BCUT2D eigenvalue weighted by Gasteiger charge is 2.00. The summed E-state index contributed by atoms with van der Waals surface area (Å²) in [7, 11) is 1.89. The van der Waals surface area contributed by atoms with E-state index in [1.807, 2.05) is 32.4 Å². The van der Waals surface area contributed by atoms with Gasteiger partial charge >= 0.3 is 0 Å². The molecule has 0 spiro atoms. The molecule has 0 saturated carbocycles. The molecule has 0 unspecified atom stereocenters. The molecule has 2 rings (SSSR count). The van der Waals surface area contributed by atoms with E-state index < -0.39 is 0 Å². The molecule has 1 N–H and O–H groups in total. The number of phenolic OH excluding ortho intramolecular Hbond substituents is 1. The van der Waals surface area contributed by atoms with Crippen LogP contribution in [-0.4, -0.2) is 21.5 Å². The largest absolute Gasteiger partial charge is 0.508 e. The van der Waals surface area contributed by atoms with E-state index in [1.165, 1.54) is 0 Å². The van der Waals surface area contributed by atoms with Gasteiger partial charge in [0.2, 0.25) is 0 Å². The third-order valence-corrected chi connectivity index (χ3v) is 2.45. The maximum atomic E-state index is 9.42. The minimum Gasteiger partial charge on any atom is -0.508 e. The van der Waals surface area contributed by atoms with Gasteiger partial charge in [-0.05, 0) is 30.2 Å². The summed E-state index contributed by atoms with van der Waals surface area (Å²) in [6, 6.07) is 5.23. The standard InChI is InChI=1S/C13H16N2O2/c1-10-5-12(16)7-13(6-10)17-4-3-11-8-14-15(2)9-11/h5-9,16H,3-4H2,1-2H3. The molecule has 0 aliphatic heterocycles. The quantitative estimate of drug-likeness (QED) is 0.877. The Hall–Kier alpha value is -1.97. The number of rotatable bonds is 4. The first-order chi connectivity index (χ1) is 8.13. The van der Waals surface area contributed by atoms with E-state index in [-0.39, 0.29) is 5.75 Å². The van der Waals surface area contributed by atoms with Crippen LogP contribution in [0.5, 0.6) is 11.5 Å². The van der Waals surface area contributed by atoms with Gasteiger partial charge in [-0.2, -0.15) is 5.10 Å². The zero-order valence-electron chi connectivity index (χ0n) is 10.1. The van der Waals surface area contributed by atoms with Crippen LogP contribution in [0.4, 0.5) is 0 Å². The summed E-state index contributed by atoms with van der Waals surface area (Å²) in [4.78, 5) is 0. The molecule has 0 amide bonds. The molecule has 0 atom stereocenters. The first kappa shape index (κ1) is 11.5. The highest BCUT2D eigenvalue weighted by Crippen LogP contribution is 2.21. The van der Waals surface area contributed by atoms with Crippen LogP contribution in [-0.2, 0) is 13.5 Å². The van der Waals surface area contributed by atoms with Gasteiger partial charge in [-0.3, -0.25) is 4.68 Å². The molecular weight excluding hydrogens is 216 g/mol. The predicted molar refractivity (Wildman–Crippen MR) is 65.3 cm³/mol. The molecule has 2 aromatic rings. The van der Waals surface area contributed by atoms with Gasteiger partial charge in [-0.25, -0.2) is 0 Å². The summed E-state index contributed by atoms with van der Waals surface area (Å²) < 4.78 is 7.36. The molecule has 1 heterocycles. The fourth-order valence-electron chi connectivity index (χ4n) is 1.70. The van der Waals surface area contributed by atoms with Gasteiger partial charge in [0.05, 0.1) is 12.8 Å². The molecule has 0 aliphatic carbocycles. The zero-order chi connectivity index (χ0) is 12.3. The Labute approximate surface area is 100 Å². The number of aryl methyl sites for hydroxylation is 2. The number of aromatic nitrogens is 2. The Bertz CT molecular complexity index is 486. The topological polar surface area (TPSA) is 47.3 Å². The highest BCUT2D eigenvalue weighted by molar-refractivity contribution is 5.36. The van der Waals surface area contributed by atoms with Crippen LogP contribution < -0.4 is 4.74 Å². The molecule has 0 fully saturated rings. The SMILES string of the molecule is Cc1cc(O)cc(OCCc2cnn(C)c2)c1.